The fourth-order valence-electron chi connectivity index (χ4n) is 2.71. The molecule has 0 radical (unpaired) electrons. The summed E-state index contributed by atoms with van der Waals surface area (Å²) < 4.78 is 8.66. The zero-order chi connectivity index (χ0) is 17.6. The summed E-state index contributed by atoms with van der Waals surface area (Å²) in [5.74, 6) is 0. The summed E-state index contributed by atoms with van der Waals surface area (Å²) in [5.41, 5.74) is 0. The van der Waals surface area contributed by atoms with Crippen molar-refractivity contribution in [2.24, 2.45) is 14.1 Å². The van der Waals surface area contributed by atoms with E-state index in [1.807, 2.05) is 0 Å². The standard InChI is InChI=1S/2C10H19N2.4CH4.2ClH/c2*1-3-4-5-6-7-12-9-8-11(2)10-12;;;;;;/h2*8-10H,3-7H2,1-2H3;4*1H4;2*1H/q2*+1;;;;;;/p-1. The van der Waals surface area contributed by atoms with Crippen LogP contribution >= 0.6 is 12.4 Å². The van der Waals surface area contributed by atoms with E-state index < -0.39 is 0 Å². The minimum absolute atomic E-state index is 0. The van der Waals surface area contributed by atoms with Crippen molar-refractivity contribution >= 4 is 12.4 Å². The molecular formula is C24H55Cl2N4+. The molecule has 0 atom stereocenters. The molecule has 0 spiro atoms. The summed E-state index contributed by atoms with van der Waals surface area (Å²) in [5, 5.41) is 0. The van der Waals surface area contributed by atoms with Crippen LogP contribution in [0.15, 0.2) is 37.4 Å². The van der Waals surface area contributed by atoms with Crippen LogP contribution in [0.4, 0.5) is 0 Å². The second-order valence-corrected chi connectivity index (χ2v) is 6.76. The van der Waals surface area contributed by atoms with Gasteiger partial charge in [0.05, 0.1) is 27.2 Å². The first-order chi connectivity index (χ1) is 11.7. The van der Waals surface area contributed by atoms with Crippen molar-refractivity contribution in [3.05, 3.63) is 37.4 Å². The number of hydrogen-bond acceptors (Lipinski definition) is 0. The predicted molar refractivity (Wildman–Crippen MR) is 134 cm³/mol. The lowest BCUT2D eigenvalue weighted by atomic mass is 10.2. The molecule has 6 heteroatoms. The van der Waals surface area contributed by atoms with Crippen LogP contribution in [0.1, 0.15) is 94.9 Å². The van der Waals surface area contributed by atoms with Gasteiger partial charge < -0.3 is 12.4 Å². The molecule has 0 aliphatic rings. The Kier molecular flexibility index (Phi) is 40.1. The van der Waals surface area contributed by atoms with Crippen LogP contribution < -0.4 is 21.5 Å². The number of unbranched alkanes of at least 4 members (excludes halogenated alkanes) is 6. The van der Waals surface area contributed by atoms with Crippen LogP contribution in [0.5, 0.6) is 0 Å². The van der Waals surface area contributed by atoms with Gasteiger partial charge in [0.2, 0.25) is 12.7 Å². The molecule has 0 amide bonds. The van der Waals surface area contributed by atoms with Crippen molar-refractivity contribution in [1.82, 2.24) is 9.13 Å². The number of imidazole rings is 2. The van der Waals surface area contributed by atoms with Crippen molar-refractivity contribution in [2.75, 3.05) is 0 Å². The molecule has 2 rings (SSSR count). The van der Waals surface area contributed by atoms with Crippen LogP contribution in [-0.4, -0.2) is 9.13 Å². The Balaban J connectivity index is -0.0000000800. The monoisotopic (exact) mass is 469 g/mol. The Labute approximate surface area is 202 Å². The molecule has 0 saturated heterocycles. The van der Waals surface area contributed by atoms with Crippen LogP contribution in [0, 0.1) is 0 Å². The molecule has 30 heavy (non-hydrogen) atoms. The van der Waals surface area contributed by atoms with Gasteiger partial charge in [-0.2, -0.15) is 0 Å². The van der Waals surface area contributed by atoms with Gasteiger partial charge >= 0.3 is 0 Å². The maximum Gasteiger partial charge on any atom is 0.243 e. The molecule has 0 aromatic carbocycles. The number of hydrogen-bond donors (Lipinski definition) is 0. The maximum absolute atomic E-state index is 2.25. The molecule has 0 aliphatic carbocycles. The van der Waals surface area contributed by atoms with Gasteiger partial charge in [-0.25, -0.2) is 18.3 Å². The van der Waals surface area contributed by atoms with Crippen molar-refractivity contribution < 1.29 is 21.5 Å². The number of rotatable bonds is 10. The van der Waals surface area contributed by atoms with E-state index in [4.69, 9.17) is 0 Å². The largest absolute Gasteiger partial charge is 1.00 e. The number of aryl methyl sites for hydroxylation is 4. The van der Waals surface area contributed by atoms with Gasteiger partial charge in [-0.3, -0.25) is 0 Å². The Hall–Kier alpha value is -1.00. The molecule has 4 nitrogen and oxygen atoms in total. The molecule has 0 unspecified atom stereocenters. The third-order valence-corrected chi connectivity index (χ3v) is 4.19. The van der Waals surface area contributed by atoms with Crippen LogP contribution in [0.25, 0.3) is 0 Å². The van der Waals surface area contributed by atoms with E-state index in [-0.39, 0.29) is 54.5 Å². The predicted octanol–water partition coefficient (Wildman–Crippen LogP) is 3.76. The van der Waals surface area contributed by atoms with Gasteiger partial charge in [0.1, 0.15) is 24.8 Å². The van der Waals surface area contributed by atoms with Crippen molar-refractivity contribution in [3.63, 3.8) is 0 Å². The molecule has 0 saturated carbocycles. The summed E-state index contributed by atoms with van der Waals surface area (Å²) >= 11 is 0. The quantitative estimate of drug-likeness (QED) is 0.372. The lowest BCUT2D eigenvalue weighted by molar-refractivity contribution is -0.671. The minimum Gasteiger partial charge on any atom is -1.00 e. The van der Waals surface area contributed by atoms with Gasteiger partial charge in [-0.1, -0.05) is 69.2 Å². The smallest absolute Gasteiger partial charge is 0.243 e. The molecule has 0 fully saturated rings. The molecule has 2 aromatic heterocycles. The third-order valence-electron chi connectivity index (χ3n) is 4.19. The Morgan fingerprint density at radius 3 is 1.17 bits per heavy atom. The summed E-state index contributed by atoms with van der Waals surface area (Å²) in [4.78, 5) is 0. The summed E-state index contributed by atoms with van der Waals surface area (Å²) in [6, 6.07) is 0. The molecule has 0 bridgehead atoms. The first-order valence-corrected chi connectivity index (χ1v) is 9.67. The van der Waals surface area contributed by atoms with Crippen LogP contribution in [-0.2, 0) is 27.2 Å². The van der Waals surface area contributed by atoms with Gasteiger partial charge in [0.15, 0.2) is 0 Å². The Morgan fingerprint density at radius 1 is 0.600 bits per heavy atom. The average molecular weight is 471 g/mol. The van der Waals surface area contributed by atoms with E-state index in [1.165, 1.54) is 64.5 Å². The van der Waals surface area contributed by atoms with E-state index in [0.717, 1.165) is 0 Å². The van der Waals surface area contributed by atoms with Crippen LogP contribution in [0.2, 0.25) is 0 Å². The third kappa shape index (κ3) is 21.7. The fraction of sp³-hybridized carbons (Fsp3) is 0.750. The first kappa shape index (κ1) is 43.0. The Bertz CT molecular complexity index is 491. The fourth-order valence-corrected chi connectivity index (χ4v) is 2.71. The molecule has 0 aliphatic heterocycles. The second-order valence-electron chi connectivity index (χ2n) is 6.76. The second kappa shape index (κ2) is 28.0. The molecular weight excluding hydrogens is 415 g/mol. The summed E-state index contributed by atoms with van der Waals surface area (Å²) in [7, 11) is 4.12. The van der Waals surface area contributed by atoms with E-state index in [0.29, 0.717) is 0 Å². The van der Waals surface area contributed by atoms with Crippen molar-refractivity contribution in [1.29, 1.82) is 0 Å². The van der Waals surface area contributed by atoms with Crippen molar-refractivity contribution in [3.8, 4) is 0 Å². The van der Waals surface area contributed by atoms with E-state index in [2.05, 4.69) is 83.7 Å². The SMILES string of the molecule is C.C.C.C.CCCCCCn1cc[n+](C)c1.CCCCCCn1cc[n+](C)c1.Cl.[Cl-]. The van der Waals surface area contributed by atoms with Crippen molar-refractivity contribution in [2.45, 2.75) is 108 Å². The zero-order valence-electron chi connectivity index (χ0n) is 17.1. The highest BCUT2D eigenvalue weighted by Gasteiger charge is 1.99. The van der Waals surface area contributed by atoms with Gasteiger partial charge in [-0.15, -0.1) is 12.4 Å². The molecule has 2 aromatic rings. The highest BCUT2D eigenvalue weighted by atomic mass is 35.5. The lowest BCUT2D eigenvalue weighted by Gasteiger charge is -1.95. The number of halogens is 2. The van der Waals surface area contributed by atoms with Gasteiger partial charge in [0, 0.05) is 0 Å². The molecule has 2 heterocycles. The van der Waals surface area contributed by atoms with E-state index in [9.17, 15) is 0 Å². The molecule has 0 N–H and O–H groups in total. The minimum atomic E-state index is 0. The normalized spacial score (nSPS) is 8.40. The zero-order valence-corrected chi connectivity index (χ0v) is 18.7. The molecule has 184 valence electrons. The van der Waals surface area contributed by atoms with Gasteiger partial charge in [-0.05, 0) is 25.7 Å². The highest BCUT2D eigenvalue weighted by Crippen LogP contribution is 2.01. The van der Waals surface area contributed by atoms with Gasteiger partial charge in [0.25, 0.3) is 0 Å². The van der Waals surface area contributed by atoms with E-state index in [1.54, 1.807) is 0 Å². The lowest BCUT2D eigenvalue weighted by Crippen LogP contribution is -3.00. The van der Waals surface area contributed by atoms with Crippen LogP contribution in [0.3, 0.4) is 0 Å². The first-order valence-electron chi connectivity index (χ1n) is 9.67. The number of aromatic nitrogens is 4. The number of nitrogens with zero attached hydrogens (tertiary/aromatic N) is 4. The highest BCUT2D eigenvalue weighted by molar-refractivity contribution is 5.85. The average Bonchev–Trinajstić information content (AvgIpc) is 3.17. The van der Waals surface area contributed by atoms with E-state index >= 15 is 0 Å². The summed E-state index contributed by atoms with van der Waals surface area (Å²) in [6.07, 6.45) is 23.4. The Morgan fingerprint density at radius 2 is 0.933 bits per heavy atom. The topological polar surface area (TPSA) is 17.6 Å². The summed E-state index contributed by atoms with van der Waals surface area (Å²) in [6.45, 7) is 6.83. The maximum atomic E-state index is 2.25.